The second kappa shape index (κ2) is 9.71. The molecule has 1 aliphatic heterocycles. The number of amides is 2. The van der Waals surface area contributed by atoms with Crippen LogP contribution in [0.5, 0.6) is 5.75 Å². The minimum atomic E-state index is -4.94. The van der Waals surface area contributed by atoms with E-state index in [-0.39, 0.29) is 10.3 Å². The molecule has 0 spiro atoms. The third kappa shape index (κ3) is 6.27. The number of carbonyl (C=O) groups is 2. The molecule has 29 heavy (non-hydrogen) atoms. The summed E-state index contributed by atoms with van der Waals surface area (Å²) in [5.74, 6) is -2.75. The topological polar surface area (TPSA) is 148 Å². The summed E-state index contributed by atoms with van der Waals surface area (Å²) >= 11 is 5.73. The van der Waals surface area contributed by atoms with Gasteiger partial charge in [-0.2, -0.15) is 18.2 Å². The number of sulfonamides is 1. The first-order valence-electron chi connectivity index (χ1n) is 8.48. The van der Waals surface area contributed by atoms with Gasteiger partial charge in [-0.1, -0.05) is 24.9 Å². The van der Waals surface area contributed by atoms with E-state index in [0.29, 0.717) is 17.2 Å². The summed E-state index contributed by atoms with van der Waals surface area (Å²) in [5, 5.41) is 2.61. The van der Waals surface area contributed by atoms with Crippen LogP contribution in [-0.4, -0.2) is 57.3 Å². The summed E-state index contributed by atoms with van der Waals surface area (Å²) in [4.78, 5) is 24.3. The first-order chi connectivity index (χ1) is 13.6. The lowest BCUT2D eigenvalue weighted by molar-refractivity contribution is -0.130. The molecule has 0 unspecified atom stereocenters. The monoisotopic (exact) mass is 469 g/mol. The molecule has 1 atom stereocenters. The summed E-state index contributed by atoms with van der Waals surface area (Å²) in [6.45, 7) is 1.47. The number of hydrogen-bond donors (Lipinski definition) is 2. The van der Waals surface area contributed by atoms with Crippen LogP contribution in [-0.2, 0) is 34.2 Å². The number of carbonyl (C=O) groups excluding carboxylic acids is 2. The Hall–Kier alpha value is -1.93. The number of nitrogens with zero attached hydrogens (tertiary/aromatic N) is 1. The van der Waals surface area contributed by atoms with Crippen molar-refractivity contribution in [1.29, 1.82) is 0 Å². The van der Waals surface area contributed by atoms with Crippen LogP contribution in [0.3, 0.4) is 0 Å². The molecule has 1 aliphatic rings. The Balaban J connectivity index is 1.98. The van der Waals surface area contributed by atoms with Crippen LogP contribution in [0.15, 0.2) is 24.3 Å². The van der Waals surface area contributed by atoms with Crippen molar-refractivity contribution in [2.75, 3.05) is 18.9 Å². The van der Waals surface area contributed by atoms with E-state index in [1.807, 2.05) is 6.92 Å². The highest BCUT2D eigenvalue weighted by Gasteiger charge is 2.51. The van der Waals surface area contributed by atoms with E-state index in [1.165, 1.54) is 12.1 Å². The molecule has 1 heterocycles. The number of hydrogen-bond acceptors (Lipinski definition) is 9. The van der Waals surface area contributed by atoms with Gasteiger partial charge in [0.25, 0.3) is 21.8 Å². The molecule has 0 aliphatic carbocycles. The van der Waals surface area contributed by atoms with Gasteiger partial charge >= 0.3 is 10.3 Å². The van der Waals surface area contributed by atoms with Crippen LogP contribution in [0, 0.1) is 0 Å². The molecule has 0 aromatic heterocycles. The maximum absolute atomic E-state index is 12.3. The summed E-state index contributed by atoms with van der Waals surface area (Å²) < 4.78 is 57.7. The smallest absolute Gasteiger partial charge is 0.394 e. The van der Waals surface area contributed by atoms with E-state index in [9.17, 15) is 26.4 Å². The van der Waals surface area contributed by atoms with E-state index in [2.05, 4.69) is 15.1 Å². The maximum atomic E-state index is 12.3. The lowest BCUT2D eigenvalue weighted by Crippen LogP contribution is -2.46. The predicted molar refractivity (Wildman–Crippen MR) is 102 cm³/mol. The van der Waals surface area contributed by atoms with Crippen molar-refractivity contribution in [3.05, 3.63) is 29.3 Å². The lowest BCUT2D eigenvalue weighted by Gasteiger charge is -2.15. The molecular formula is C15H20ClN3O8S2. The van der Waals surface area contributed by atoms with E-state index in [1.54, 1.807) is 12.1 Å². The van der Waals surface area contributed by atoms with Crippen LogP contribution in [0.4, 0.5) is 0 Å². The molecule has 2 amide bonds. The fourth-order valence-electron chi connectivity index (χ4n) is 2.28. The van der Waals surface area contributed by atoms with Gasteiger partial charge in [0.05, 0.1) is 5.75 Å². The zero-order valence-electron chi connectivity index (χ0n) is 15.3. The molecule has 1 aromatic carbocycles. The molecule has 1 fully saturated rings. The molecule has 1 aromatic rings. The van der Waals surface area contributed by atoms with E-state index in [4.69, 9.17) is 16.3 Å². The van der Waals surface area contributed by atoms with Gasteiger partial charge in [0.2, 0.25) is 0 Å². The van der Waals surface area contributed by atoms with E-state index < -0.39 is 50.5 Å². The fraction of sp³-hybridized carbons (Fsp3) is 0.467. The van der Waals surface area contributed by atoms with Gasteiger partial charge in [0.1, 0.15) is 11.8 Å². The molecule has 162 valence electrons. The molecule has 0 radical (unpaired) electrons. The van der Waals surface area contributed by atoms with Gasteiger partial charge in [0.15, 0.2) is 6.61 Å². The van der Waals surface area contributed by atoms with Crippen molar-refractivity contribution in [1.82, 2.24) is 14.5 Å². The Bertz CT molecular complexity index is 950. The van der Waals surface area contributed by atoms with E-state index >= 15 is 0 Å². The molecule has 0 saturated carbocycles. The maximum Gasteiger partial charge on any atom is 0.394 e. The average Bonchev–Trinajstić information content (AvgIpc) is 2.87. The Labute approximate surface area is 173 Å². The van der Waals surface area contributed by atoms with Crippen LogP contribution < -0.4 is 15.5 Å². The van der Waals surface area contributed by atoms with Crippen molar-refractivity contribution in [2.24, 2.45) is 0 Å². The zero-order chi connectivity index (χ0) is 21.7. The summed E-state index contributed by atoms with van der Waals surface area (Å²) in [5.41, 5.74) is 2.10. The number of rotatable bonds is 10. The first-order valence-corrected chi connectivity index (χ1v) is 11.8. The van der Waals surface area contributed by atoms with Crippen molar-refractivity contribution >= 4 is 43.7 Å². The molecule has 1 saturated heterocycles. The SMILES string of the molecule is CCCCNOS(=O)(=O)N1C(=O)[C@@H](NC(=O)COc2ccc(Cl)cc2)CS1(=O)=O. The lowest BCUT2D eigenvalue weighted by atomic mass is 10.3. The summed E-state index contributed by atoms with van der Waals surface area (Å²) in [6, 6.07) is 4.52. The van der Waals surface area contributed by atoms with Crippen LogP contribution in [0.1, 0.15) is 19.8 Å². The molecule has 2 rings (SSSR count). The Kier molecular flexibility index (Phi) is 7.82. The standard InChI is InChI=1S/C15H20ClN3O8S2/c1-2-3-8-17-27-29(24,25)19-15(21)13(10-28(19,22)23)18-14(20)9-26-12-6-4-11(16)5-7-12/h4-7,13,17H,2-3,8-10H2,1H3,(H,18,20)/t13-/m0/s1. The number of halogens is 1. The fourth-order valence-corrected chi connectivity index (χ4v) is 5.63. The van der Waals surface area contributed by atoms with Gasteiger partial charge < -0.3 is 10.1 Å². The number of nitrogens with one attached hydrogen (secondary N) is 2. The van der Waals surface area contributed by atoms with Gasteiger partial charge in [-0.3, -0.25) is 9.59 Å². The van der Waals surface area contributed by atoms with Crippen LogP contribution >= 0.6 is 11.6 Å². The zero-order valence-corrected chi connectivity index (χ0v) is 17.7. The summed E-state index contributed by atoms with van der Waals surface area (Å²) in [6.07, 6.45) is 1.31. The number of unbranched alkanes of at least 4 members (excludes halogenated alkanes) is 1. The highest BCUT2D eigenvalue weighted by Crippen LogP contribution is 2.21. The first kappa shape index (κ1) is 23.3. The molecular weight excluding hydrogens is 450 g/mol. The average molecular weight is 470 g/mol. The normalized spacial score (nSPS) is 18.6. The number of hydroxylamine groups is 1. The predicted octanol–water partition coefficient (Wildman–Crippen LogP) is -0.0583. The largest absolute Gasteiger partial charge is 0.484 e. The summed E-state index contributed by atoms with van der Waals surface area (Å²) in [7, 11) is -9.48. The van der Waals surface area contributed by atoms with Crippen molar-refractivity contribution < 1.29 is 35.4 Å². The highest BCUT2D eigenvalue weighted by molar-refractivity contribution is 8.03. The quantitative estimate of drug-likeness (QED) is 0.355. The molecule has 14 heteroatoms. The van der Waals surface area contributed by atoms with Crippen molar-refractivity contribution in [3.8, 4) is 5.75 Å². The third-order valence-corrected chi connectivity index (χ3v) is 7.46. The Morgan fingerprint density at radius 2 is 1.97 bits per heavy atom. The minimum Gasteiger partial charge on any atom is -0.484 e. The van der Waals surface area contributed by atoms with Crippen molar-refractivity contribution in [2.45, 2.75) is 25.8 Å². The second-order valence-electron chi connectivity index (χ2n) is 5.97. The minimum absolute atomic E-state index is 0.139. The van der Waals surface area contributed by atoms with Gasteiger partial charge in [-0.25, -0.2) is 8.42 Å². The number of ether oxygens (including phenoxy) is 1. The Morgan fingerprint density at radius 1 is 1.31 bits per heavy atom. The van der Waals surface area contributed by atoms with Gasteiger partial charge in [-0.15, -0.1) is 3.71 Å². The molecule has 2 N–H and O–H groups in total. The second-order valence-corrected chi connectivity index (χ2v) is 9.88. The third-order valence-electron chi connectivity index (χ3n) is 3.63. The van der Waals surface area contributed by atoms with Gasteiger partial charge in [0, 0.05) is 11.6 Å². The van der Waals surface area contributed by atoms with Crippen LogP contribution in [0.25, 0.3) is 0 Å². The highest BCUT2D eigenvalue weighted by atomic mass is 35.5. The molecule has 0 bridgehead atoms. The van der Waals surface area contributed by atoms with Crippen molar-refractivity contribution in [3.63, 3.8) is 0 Å². The number of benzene rings is 1. The van der Waals surface area contributed by atoms with E-state index in [0.717, 1.165) is 6.42 Å². The van der Waals surface area contributed by atoms with Gasteiger partial charge in [-0.05, 0) is 30.7 Å². The molecule has 11 nitrogen and oxygen atoms in total. The van der Waals surface area contributed by atoms with Crippen LogP contribution in [0.2, 0.25) is 5.02 Å². The Morgan fingerprint density at radius 3 is 2.59 bits per heavy atom.